The summed E-state index contributed by atoms with van der Waals surface area (Å²) in [4.78, 5) is 19.4. The van der Waals surface area contributed by atoms with Gasteiger partial charge in [-0.2, -0.15) is 0 Å². The zero-order valence-electron chi connectivity index (χ0n) is 17.4. The number of ether oxygens (including phenoxy) is 1. The number of imidazole rings is 1. The van der Waals surface area contributed by atoms with Gasteiger partial charge < -0.3 is 14.2 Å². The fourth-order valence-electron chi connectivity index (χ4n) is 4.68. The van der Waals surface area contributed by atoms with Gasteiger partial charge in [-0.15, -0.1) is 0 Å². The SMILES string of the molecule is O=C(/C=C/c1cccc(F)c1)N1CCC(n2c([C@@H]3CCCO3)nc3ccccc32)CC1. The Morgan fingerprint density at radius 1 is 1.10 bits per heavy atom. The Kier molecular flexibility index (Phi) is 5.55. The topological polar surface area (TPSA) is 47.4 Å². The van der Waals surface area contributed by atoms with Gasteiger partial charge in [0.05, 0.1) is 11.0 Å². The number of hydrogen-bond acceptors (Lipinski definition) is 3. The smallest absolute Gasteiger partial charge is 0.246 e. The summed E-state index contributed by atoms with van der Waals surface area (Å²) < 4.78 is 21.6. The number of nitrogens with zero attached hydrogens (tertiary/aromatic N) is 3. The van der Waals surface area contributed by atoms with E-state index < -0.39 is 0 Å². The van der Waals surface area contributed by atoms with Gasteiger partial charge in [0.15, 0.2) is 0 Å². The molecule has 1 atom stereocenters. The van der Waals surface area contributed by atoms with Gasteiger partial charge in [-0.25, -0.2) is 9.37 Å². The van der Waals surface area contributed by atoms with Gasteiger partial charge in [-0.1, -0.05) is 24.3 Å². The van der Waals surface area contributed by atoms with Gasteiger partial charge >= 0.3 is 0 Å². The first kappa shape index (κ1) is 19.9. The molecular weight excluding hydrogens is 393 g/mol. The van der Waals surface area contributed by atoms with E-state index in [1.807, 2.05) is 11.0 Å². The van der Waals surface area contributed by atoms with Crippen LogP contribution in [0.1, 0.15) is 49.2 Å². The Hall–Kier alpha value is -2.99. The lowest BCUT2D eigenvalue weighted by molar-refractivity contribution is -0.127. The third-order valence-corrected chi connectivity index (χ3v) is 6.25. The van der Waals surface area contributed by atoms with Crippen LogP contribution in [0.4, 0.5) is 4.39 Å². The van der Waals surface area contributed by atoms with Crippen molar-refractivity contribution in [3.63, 3.8) is 0 Å². The molecule has 5 nitrogen and oxygen atoms in total. The zero-order chi connectivity index (χ0) is 21.2. The normalized spacial score (nSPS) is 20.2. The number of aromatic nitrogens is 2. The Labute approximate surface area is 181 Å². The number of halogens is 1. The molecule has 31 heavy (non-hydrogen) atoms. The lowest BCUT2D eigenvalue weighted by Crippen LogP contribution is -2.38. The molecule has 0 saturated carbocycles. The van der Waals surface area contributed by atoms with E-state index in [1.54, 1.807) is 24.3 Å². The highest BCUT2D eigenvalue weighted by Crippen LogP contribution is 2.35. The molecule has 6 heteroatoms. The number of carbonyl (C=O) groups is 1. The molecule has 0 bridgehead atoms. The Morgan fingerprint density at radius 2 is 1.94 bits per heavy atom. The maximum Gasteiger partial charge on any atom is 0.246 e. The van der Waals surface area contributed by atoms with Crippen molar-refractivity contribution in [2.75, 3.05) is 19.7 Å². The van der Waals surface area contributed by atoms with Gasteiger partial charge in [0, 0.05) is 31.8 Å². The van der Waals surface area contributed by atoms with E-state index in [2.05, 4.69) is 22.8 Å². The molecule has 2 fully saturated rings. The van der Waals surface area contributed by atoms with Crippen molar-refractivity contribution < 1.29 is 13.9 Å². The highest BCUT2D eigenvalue weighted by atomic mass is 19.1. The first-order valence-corrected chi connectivity index (χ1v) is 11.0. The number of amides is 1. The van der Waals surface area contributed by atoms with Crippen LogP contribution >= 0.6 is 0 Å². The minimum atomic E-state index is -0.301. The van der Waals surface area contributed by atoms with E-state index in [9.17, 15) is 9.18 Å². The van der Waals surface area contributed by atoms with E-state index in [0.717, 1.165) is 49.1 Å². The summed E-state index contributed by atoms with van der Waals surface area (Å²) in [7, 11) is 0. The highest BCUT2D eigenvalue weighted by molar-refractivity contribution is 5.91. The zero-order valence-corrected chi connectivity index (χ0v) is 17.4. The number of rotatable bonds is 4. The summed E-state index contributed by atoms with van der Waals surface area (Å²) in [5.41, 5.74) is 2.84. The van der Waals surface area contributed by atoms with E-state index in [0.29, 0.717) is 24.7 Å². The highest BCUT2D eigenvalue weighted by Gasteiger charge is 2.30. The third-order valence-electron chi connectivity index (χ3n) is 6.25. The average Bonchev–Trinajstić information content (AvgIpc) is 3.45. The summed E-state index contributed by atoms with van der Waals surface area (Å²) >= 11 is 0. The molecule has 1 aromatic heterocycles. The quantitative estimate of drug-likeness (QED) is 0.565. The summed E-state index contributed by atoms with van der Waals surface area (Å²) in [6, 6.07) is 14.8. The predicted octanol–water partition coefficient (Wildman–Crippen LogP) is 4.90. The summed E-state index contributed by atoms with van der Waals surface area (Å²) in [6.45, 7) is 2.17. The Morgan fingerprint density at radius 3 is 2.71 bits per heavy atom. The summed E-state index contributed by atoms with van der Waals surface area (Å²) in [5, 5.41) is 0. The van der Waals surface area contributed by atoms with E-state index >= 15 is 0 Å². The first-order valence-electron chi connectivity index (χ1n) is 11.0. The minimum Gasteiger partial charge on any atom is -0.370 e. The van der Waals surface area contributed by atoms with Crippen molar-refractivity contribution in [3.05, 3.63) is 71.8 Å². The van der Waals surface area contributed by atoms with Crippen LogP contribution in [0.3, 0.4) is 0 Å². The van der Waals surface area contributed by atoms with Crippen molar-refractivity contribution >= 4 is 23.0 Å². The molecule has 2 aliphatic rings. The average molecular weight is 420 g/mol. The standard InChI is InChI=1S/C25H26FN3O2/c26-19-6-3-5-18(17-19)10-11-24(30)28-14-12-20(13-15-28)29-22-8-2-1-7-21(22)27-25(29)23-9-4-16-31-23/h1-3,5-8,10-11,17,20,23H,4,9,12-16H2/b11-10+/t23-/m0/s1. The maximum atomic E-state index is 13.3. The summed E-state index contributed by atoms with van der Waals surface area (Å²) in [6.07, 6.45) is 7.10. The molecule has 0 unspecified atom stereocenters. The van der Waals surface area contributed by atoms with Gasteiger partial charge in [0.2, 0.25) is 5.91 Å². The van der Waals surface area contributed by atoms with Crippen LogP contribution in [0.25, 0.3) is 17.1 Å². The molecular formula is C25H26FN3O2. The second-order valence-electron chi connectivity index (χ2n) is 8.28. The van der Waals surface area contributed by atoms with Crippen LogP contribution in [0.15, 0.2) is 54.6 Å². The van der Waals surface area contributed by atoms with E-state index in [-0.39, 0.29) is 17.8 Å². The van der Waals surface area contributed by atoms with E-state index in [4.69, 9.17) is 9.72 Å². The fraction of sp³-hybridized carbons (Fsp3) is 0.360. The number of benzene rings is 2. The molecule has 0 N–H and O–H groups in total. The maximum absolute atomic E-state index is 13.3. The van der Waals surface area contributed by atoms with Crippen LogP contribution in [-0.2, 0) is 9.53 Å². The molecule has 2 aromatic carbocycles. The van der Waals surface area contributed by atoms with Crippen LogP contribution in [0.2, 0.25) is 0 Å². The molecule has 5 rings (SSSR count). The molecule has 3 heterocycles. The second kappa shape index (κ2) is 8.63. The molecule has 0 radical (unpaired) electrons. The summed E-state index contributed by atoms with van der Waals surface area (Å²) in [5.74, 6) is 0.692. The van der Waals surface area contributed by atoms with Crippen LogP contribution in [-0.4, -0.2) is 40.1 Å². The molecule has 3 aromatic rings. The van der Waals surface area contributed by atoms with Crippen LogP contribution in [0, 0.1) is 5.82 Å². The number of hydrogen-bond donors (Lipinski definition) is 0. The number of likely N-dealkylation sites (tertiary alicyclic amines) is 1. The van der Waals surface area contributed by atoms with Gasteiger partial charge in [-0.05, 0) is 61.6 Å². The van der Waals surface area contributed by atoms with Crippen molar-refractivity contribution in [2.45, 2.75) is 37.8 Å². The van der Waals surface area contributed by atoms with Crippen molar-refractivity contribution in [1.29, 1.82) is 0 Å². The molecule has 160 valence electrons. The molecule has 1 amide bonds. The molecule has 0 spiro atoms. The lowest BCUT2D eigenvalue weighted by atomic mass is 10.0. The fourth-order valence-corrected chi connectivity index (χ4v) is 4.68. The predicted molar refractivity (Wildman–Crippen MR) is 118 cm³/mol. The number of fused-ring (bicyclic) bond motifs is 1. The number of piperidine rings is 1. The largest absolute Gasteiger partial charge is 0.370 e. The molecule has 2 aliphatic heterocycles. The van der Waals surface area contributed by atoms with Crippen molar-refractivity contribution in [3.8, 4) is 0 Å². The minimum absolute atomic E-state index is 0.0300. The first-order chi connectivity index (χ1) is 15.2. The number of carbonyl (C=O) groups excluding carboxylic acids is 1. The van der Waals surface area contributed by atoms with E-state index in [1.165, 1.54) is 12.1 Å². The number of para-hydroxylation sites is 2. The van der Waals surface area contributed by atoms with Crippen molar-refractivity contribution in [1.82, 2.24) is 14.5 Å². The van der Waals surface area contributed by atoms with Crippen LogP contribution < -0.4 is 0 Å². The van der Waals surface area contributed by atoms with Crippen LogP contribution in [0.5, 0.6) is 0 Å². The van der Waals surface area contributed by atoms with Gasteiger partial charge in [0.25, 0.3) is 0 Å². The monoisotopic (exact) mass is 419 g/mol. The van der Waals surface area contributed by atoms with Crippen molar-refractivity contribution in [2.24, 2.45) is 0 Å². The Bertz CT molecular complexity index is 1110. The second-order valence-corrected chi connectivity index (χ2v) is 8.28. The molecule has 0 aliphatic carbocycles. The van der Waals surface area contributed by atoms with Gasteiger partial charge in [-0.3, -0.25) is 4.79 Å². The third kappa shape index (κ3) is 4.12. The van der Waals surface area contributed by atoms with Gasteiger partial charge in [0.1, 0.15) is 17.7 Å². The Balaban J connectivity index is 1.31. The lowest BCUT2D eigenvalue weighted by Gasteiger charge is -2.33. The molecule has 2 saturated heterocycles.